The van der Waals surface area contributed by atoms with Crippen molar-refractivity contribution in [3.05, 3.63) is 60.2 Å². The van der Waals surface area contributed by atoms with Crippen LogP contribution in [0.15, 0.2) is 59.5 Å². The molecule has 0 unspecified atom stereocenters. The fraction of sp³-hybridized carbons (Fsp3) is 0.381. The third-order valence-corrected chi connectivity index (χ3v) is 5.75. The molecule has 26 heavy (non-hydrogen) atoms. The minimum Gasteiger partial charge on any atom is -0.497 e. The molecular formula is C21H26N2O2S. The third-order valence-electron chi connectivity index (χ3n) is 4.65. The van der Waals surface area contributed by atoms with Gasteiger partial charge in [-0.1, -0.05) is 30.3 Å². The van der Waals surface area contributed by atoms with Crippen LogP contribution in [0.4, 0.5) is 0 Å². The summed E-state index contributed by atoms with van der Waals surface area (Å²) < 4.78 is 5.18. The number of hydrogen-bond acceptors (Lipinski definition) is 4. The van der Waals surface area contributed by atoms with Crippen LogP contribution in [-0.4, -0.2) is 54.2 Å². The van der Waals surface area contributed by atoms with E-state index in [0.29, 0.717) is 0 Å². The Kier molecular flexibility index (Phi) is 6.58. The van der Waals surface area contributed by atoms with Gasteiger partial charge in [0.15, 0.2) is 0 Å². The van der Waals surface area contributed by atoms with Crippen LogP contribution in [0.1, 0.15) is 12.5 Å². The summed E-state index contributed by atoms with van der Waals surface area (Å²) in [4.78, 5) is 18.3. The van der Waals surface area contributed by atoms with E-state index in [1.807, 2.05) is 42.2 Å². The first-order valence-corrected chi connectivity index (χ1v) is 9.89. The van der Waals surface area contributed by atoms with E-state index in [1.165, 1.54) is 5.56 Å². The lowest BCUT2D eigenvalue weighted by molar-refractivity contribution is -0.132. The molecule has 2 aromatic rings. The van der Waals surface area contributed by atoms with Crippen molar-refractivity contribution in [1.82, 2.24) is 9.80 Å². The highest BCUT2D eigenvalue weighted by molar-refractivity contribution is 8.00. The standard InChI is InChI=1S/C21H26N2O2S/c1-17(26-20-10-8-19(25-2)9-11-20)21(24)23-14-12-22(13-15-23)16-18-6-4-3-5-7-18/h3-11,17H,12-16H2,1-2H3/t17-/m1/s1. The number of piperazine rings is 1. The molecule has 0 saturated carbocycles. The second-order valence-electron chi connectivity index (χ2n) is 6.52. The normalized spacial score (nSPS) is 16.3. The summed E-state index contributed by atoms with van der Waals surface area (Å²) in [6, 6.07) is 18.4. The number of thioether (sulfide) groups is 1. The maximum Gasteiger partial charge on any atom is 0.235 e. The Morgan fingerprint density at radius 3 is 2.31 bits per heavy atom. The van der Waals surface area contributed by atoms with E-state index < -0.39 is 0 Å². The van der Waals surface area contributed by atoms with Crippen molar-refractivity contribution in [3.63, 3.8) is 0 Å². The summed E-state index contributed by atoms with van der Waals surface area (Å²) in [5, 5.41) is -0.0796. The molecule has 0 N–H and O–H groups in total. The molecule has 1 aliphatic heterocycles. The molecule has 1 amide bonds. The predicted octanol–water partition coefficient (Wildman–Crippen LogP) is 3.52. The van der Waals surface area contributed by atoms with Crippen LogP contribution in [0.5, 0.6) is 5.75 Å². The summed E-state index contributed by atoms with van der Waals surface area (Å²) in [5.41, 5.74) is 1.33. The van der Waals surface area contributed by atoms with Crippen LogP contribution in [0.25, 0.3) is 0 Å². The first-order valence-electron chi connectivity index (χ1n) is 9.01. The van der Waals surface area contributed by atoms with Gasteiger partial charge in [-0.25, -0.2) is 0 Å². The van der Waals surface area contributed by atoms with E-state index in [0.717, 1.165) is 43.4 Å². The Morgan fingerprint density at radius 2 is 1.69 bits per heavy atom. The number of methoxy groups -OCH3 is 1. The Bertz CT molecular complexity index is 698. The zero-order valence-corrected chi connectivity index (χ0v) is 16.2. The second kappa shape index (κ2) is 9.10. The molecule has 1 aliphatic rings. The van der Waals surface area contributed by atoms with Crippen molar-refractivity contribution in [2.24, 2.45) is 0 Å². The first kappa shape index (κ1) is 18.8. The number of amides is 1. The molecule has 1 saturated heterocycles. The summed E-state index contributed by atoms with van der Waals surface area (Å²) in [6.45, 7) is 6.42. The maximum atomic E-state index is 12.8. The van der Waals surface area contributed by atoms with Crippen LogP contribution < -0.4 is 4.74 Å². The predicted molar refractivity (Wildman–Crippen MR) is 107 cm³/mol. The van der Waals surface area contributed by atoms with Gasteiger partial charge < -0.3 is 9.64 Å². The van der Waals surface area contributed by atoms with Gasteiger partial charge in [0, 0.05) is 37.6 Å². The average molecular weight is 371 g/mol. The molecule has 1 heterocycles. The highest BCUT2D eigenvalue weighted by Crippen LogP contribution is 2.26. The van der Waals surface area contributed by atoms with Crippen LogP contribution in [-0.2, 0) is 11.3 Å². The molecule has 0 spiro atoms. The van der Waals surface area contributed by atoms with E-state index in [2.05, 4.69) is 29.2 Å². The van der Waals surface area contributed by atoms with Gasteiger partial charge in [-0.3, -0.25) is 9.69 Å². The van der Waals surface area contributed by atoms with Crippen LogP contribution in [0.3, 0.4) is 0 Å². The summed E-state index contributed by atoms with van der Waals surface area (Å²) >= 11 is 1.61. The van der Waals surface area contributed by atoms with Gasteiger partial charge in [0.2, 0.25) is 5.91 Å². The van der Waals surface area contributed by atoms with E-state index in [1.54, 1.807) is 18.9 Å². The fourth-order valence-electron chi connectivity index (χ4n) is 3.13. The molecule has 138 valence electrons. The van der Waals surface area contributed by atoms with Gasteiger partial charge in [0.1, 0.15) is 5.75 Å². The maximum absolute atomic E-state index is 12.8. The van der Waals surface area contributed by atoms with E-state index in [4.69, 9.17) is 4.74 Å². The Hall–Kier alpha value is -1.98. The topological polar surface area (TPSA) is 32.8 Å². The lowest BCUT2D eigenvalue weighted by Gasteiger charge is -2.35. The van der Waals surface area contributed by atoms with Gasteiger partial charge in [-0.15, -0.1) is 11.8 Å². The van der Waals surface area contributed by atoms with Crippen LogP contribution in [0.2, 0.25) is 0 Å². The minimum atomic E-state index is -0.0796. The van der Waals surface area contributed by atoms with Crippen LogP contribution >= 0.6 is 11.8 Å². The average Bonchev–Trinajstić information content (AvgIpc) is 2.69. The zero-order valence-electron chi connectivity index (χ0n) is 15.4. The fourth-order valence-corrected chi connectivity index (χ4v) is 4.09. The minimum absolute atomic E-state index is 0.0796. The largest absolute Gasteiger partial charge is 0.497 e. The first-order chi connectivity index (χ1) is 12.7. The van der Waals surface area contributed by atoms with Crippen molar-refractivity contribution < 1.29 is 9.53 Å². The SMILES string of the molecule is COc1ccc(S[C@H](C)C(=O)N2CCN(Cc3ccccc3)CC2)cc1. The van der Waals surface area contributed by atoms with Crippen molar-refractivity contribution in [1.29, 1.82) is 0 Å². The molecule has 4 nitrogen and oxygen atoms in total. The number of carbonyl (C=O) groups excluding carboxylic acids is 1. The second-order valence-corrected chi connectivity index (χ2v) is 7.94. The number of nitrogens with zero attached hydrogens (tertiary/aromatic N) is 2. The molecule has 2 aromatic carbocycles. The summed E-state index contributed by atoms with van der Waals surface area (Å²) in [6.07, 6.45) is 0. The molecule has 3 rings (SSSR count). The van der Waals surface area contributed by atoms with Gasteiger partial charge >= 0.3 is 0 Å². The number of hydrogen-bond donors (Lipinski definition) is 0. The molecule has 5 heteroatoms. The van der Waals surface area contributed by atoms with Gasteiger partial charge in [0.25, 0.3) is 0 Å². The Balaban J connectivity index is 1.47. The van der Waals surface area contributed by atoms with Crippen molar-refractivity contribution in [3.8, 4) is 5.75 Å². The molecule has 0 aliphatic carbocycles. The molecule has 0 aromatic heterocycles. The number of carbonyl (C=O) groups is 1. The molecule has 0 radical (unpaired) electrons. The quantitative estimate of drug-likeness (QED) is 0.729. The lowest BCUT2D eigenvalue weighted by atomic mass is 10.2. The van der Waals surface area contributed by atoms with Gasteiger partial charge in [-0.05, 0) is 36.8 Å². The zero-order chi connectivity index (χ0) is 18.4. The van der Waals surface area contributed by atoms with Crippen molar-refractivity contribution in [2.75, 3.05) is 33.3 Å². The Labute approximate surface area is 160 Å². The number of benzene rings is 2. The smallest absolute Gasteiger partial charge is 0.235 e. The monoisotopic (exact) mass is 370 g/mol. The van der Waals surface area contributed by atoms with E-state index in [-0.39, 0.29) is 11.2 Å². The molecule has 0 bridgehead atoms. The van der Waals surface area contributed by atoms with Crippen LogP contribution in [0, 0.1) is 0 Å². The van der Waals surface area contributed by atoms with E-state index in [9.17, 15) is 4.79 Å². The van der Waals surface area contributed by atoms with Gasteiger partial charge in [0.05, 0.1) is 12.4 Å². The van der Waals surface area contributed by atoms with Gasteiger partial charge in [-0.2, -0.15) is 0 Å². The third kappa shape index (κ3) is 5.02. The Morgan fingerprint density at radius 1 is 1.04 bits per heavy atom. The van der Waals surface area contributed by atoms with Crippen molar-refractivity contribution in [2.45, 2.75) is 23.6 Å². The highest BCUT2D eigenvalue weighted by Gasteiger charge is 2.25. The summed E-state index contributed by atoms with van der Waals surface area (Å²) in [7, 11) is 1.66. The lowest BCUT2D eigenvalue weighted by Crippen LogP contribution is -2.50. The molecule has 1 atom stereocenters. The molecular weight excluding hydrogens is 344 g/mol. The highest BCUT2D eigenvalue weighted by atomic mass is 32.2. The summed E-state index contributed by atoms with van der Waals surface area (Å²) in [5.74, 6) is 1.06. The van der Waals surface area contributed by atoms with Crippen molar-refractivity contribution >= 4 is 17.7 Å². The van der Waals surface area contributed by atoms with E-state index >= 15 is 0 Å². The molecule has 1 fully saturated rings. The number of ether oxygens (including phenoxy) is 1. The number of rotatable bonds is 6.